The number of sulfonamides is 1. The number of anilines is 1. The van der Waals surface area contributed by atoms with Crippen molar-refractivity contribution < 1.29 is 17.9 Å². The van der Waals surface area contributed by atoms with Gasteiger partial charge in [0.05, 0.1) is 16.8 Å². The maximum absolute atomic E-state index is 13.4. The van der Waals surface area contributed by atoms with Gasteiger partial charge in [-0.3, -0.25) is 9.10 Å². The van der Waals surface area contributed by atoms with E-state index in [1.165, 1.54) is 18.3 Å². The Labute approximate surface area is 214 Å². The van der Waals surface area contributed by atoms with Crippen molar-refractivity contribution in [3.8, 4) is 5.75 Å². The predicted octanol–water partition coefficient (Wildman–Crippen LogP) is 4.49. The zero-order chi connectivity index (χ0) is 24.8. The first-order chi connectivity index (χ1) is 16.8. The molecule has 3 aromatic rings. The summed E-state index contributed by atoms with van der Waals surface area (Å²) in [5, 5.41) is 4.46. The van der Waals surface area contributed by atoms with Gasteiger partial charge in [0.25, 0.3) is 15.9 Å². The van der Waals surface area contributed by atoms with E-state index >= 15 is 0 Å². The van der Waals surface area contributed by atoms with E-state index in [4.69, 9.17) is 16.3 Å². The van der Waals surface area contributed by atoms with Crippen LogP contribution in [0.4, 0.5) is 5.69 Å². The molecular weight excluding hydrogens is 506 g/mol. The standard InChI is InChI=1S/C25H24ClN3O4S2/c1-18-13-20(26)9-12-24(18)29(35(31,32)23-5-3-2-4-6-23)15-25(30)28-27-14-19-7-10-21(11-8-19)33-22-16-34-17-22/h2-14,22H,15-17H2,1H3,(H,28,30)/b27-14+. The molecule has 7 nitrogen and oxygen atoms in total. The van der Waals surface area contributed by atoms with Crippen molar-refractivity contribution in [2.24, 2.45) is 5.10 Å². The largest absolute Gasteiger partial charge is 0.489 e. The van der Waals surface area contributed by atoms with Crippen LogP contribution in [0.25, 0.3) is 0 Å². The lowest BCUT2D eigenvalue weighted by Gasteiger charge is -2.25. The summed E-state index contributed by atoms with van der Waals surface area (Å²) < 4.78 is 33.7. The lowest BCUT2D eigenvalue weighted by atomic mass is 10.2. The molecular formula is C25H24ClN3O4S2. The van der Waals surface area contributed by atoms with Gasteiger partial charge in [-0.15, -0.1) is 0 Å². The molecule has 1 fully saturated rings. The smallest absolute Gasteiger partial charge is 0.264 e. The number of nitrogens with zero attached hydrogens (tertiary/aromatic N) is 2. The average molecular weight is 530 g/mol. The van der Waals surface area contributed by atoms with Crippen LogP contribution < -0.4 is 14.5 Å². The molecule has 1 heterocycles. The van der Waals surface area contributed by atoms with Gasteiger partial charge in [-0.05, 0) is 72.6 Å². The minimum atomic E-state index is -4.01. The number of benzene rings is 3. The van der Waals surface area contributed by atoms with Gasteiger partial charge < -0.3 is 4.74 Å². The number of amides is 1. The number of hydrogen-bond acceptors (Lipinski definition) is 6. The van der Waals surface area contributed by atoms with E-state index in [1.54, 1.807) is 43.3 Å². The second-order valence-electron chi connectivity index (χ2n) is 7.90. The number of thioether (sulfide) groups is 1. The lowest BCUT2D eigenvalue weighted by Crippen LogP contribution is -2.40. The quantitative estimate of drug-likeness (QED) is 0.326. The molecule has 0 atom stereocenters. The highest BCUT2D eigenvalue weighted by molar-refractivity contribution is 8.00. The number of carbonyl (C=O) groups is 1. The summed E-state index contributed by atoms with van der Waals surface area (Å²) in [4.78, 5) is 12.8. The Hall–Kier alpha value is -3.01. The van der Waals surface area contributed by atoms with Gasteiger partial charge in [0.2, 0.25) is 0 Å². The third-order valence-corrected chi connectivity index (χ3v) is 8.46. The van der Waals surface area contributed by atoms with Crippen LogP contribution in [0.3, 0.4) is 0 Å². The van der Waals surface area contributed by atoms with E-state index in [0.717, 1.165) is 27.1 Å². The van der Waals surface area contributed by atoms with Gasteiger partial charge in [0, 0.05) is 16.5 Å². The van der Waals surface area contributed by atoms with E-state index in [-0.39, 0.29) is 11.0 Å². The molecule has 35 heavy (non-hydrogen) atoms. The highest BCUT2D eigenvalue weighted by atomic mass is 35.5. The second kappa shape index (κ2) is 11.2. The lowest BCUT2D eigenvalue weighted by molar-refractivity contribution is -0.119. The van der Waals surface area contributed by atoms with Crippen LogP contribution in [0.5, 0.6) is 5.75 Å². The van der Waals surface area contributed by atoms with Gasteiger partial charge in [-0.2, -0.15) is 16.9 Å². The van der Waals surface area contributed by atoms with Gasteiger partial charge in [0.15, 0.2) is 0 Å². The number of rotatable bonds is 9. The molecule has 0 saturated carbocycles. The fourth-order valence-electron chi connectivity index (χ4n) is 3.37. The van der Waals surface area contributed by atoms with Crippen LogP contribution in [0.15, 0.2) is 82.8 Å². The highest BCUT2D eigenvalue weighted by Gasteiger charge is 2.28. The van der Waals surface area contributed by atoms with Crippen molar-refractivity contribution in [2.45, 2.75) is 17.9 Å². The van der Waals surface area contributed by atoms with Gasteiger partial charge >= 0.3 is 0 Å². The molecule has 3 aromatic carbocycles. The van der Waals surface area contributed by atoms with Crippen molar-refractivity contribution in [1.29, 1.82) is 0 Å². The maximum Gasteiger partial charge on any atom is 0.264 e. The molecule has 0 unspecified atom stereocenters. The Balaban J connectivity index is 1.47. The van der Waals surface area contributed by atoms with E-state index in [0.29, 0.717) is 16.3 Å². The first kappa shape index (κ1) is 25.1. The summed E-state index contributed by atoms with van der Waals surface area (Å²) in [5.74, 6) is 2.21. The molecule has 0 radical (unpaired) electrons. The number of hydrazone groups is 1. The molecule has 1 N–H and O–H groups in total. The van der Waals surface area contributed by atoms with E-state index in [2.05, 4.69) is 10.5 Å². The number of halogens is 1. The molecule has 0 aromatic heterocycles. The third kappa shape index (κ3) is 6.36. The first-order valence-corrected chi connectivity index (χ1v) is 13.8. The minimum absolute atomic E-state index is 0.0773. The summed E-state index contributed by atoms with van der Waals surface area (Å²) in [6.07, 6.45) is 1.75. The monoisotopic (exact) mass is 529 g/mol. The normalized spacial score (nSPS) is 13.9. The Bertz CT molecular complexity index is 1310. The predicted molar refractivity (Wildman–Crippen MR) is 141 cm³/mol. The Morgan fingerprint density at radius 3 is 2.49 bits per heavy atom. The second-order valence-corrected chi connectivity index (χ2v) is 11.3. The SMILES string of the molecule is Cc1cc(Cl)ccc1N(CC(=O)N/N=C/c1ccc(OC2CSC2)cc1)S(=O)(=O)c1ccccc1. The Morgan fingerprint density at radius 1 is 1.14 bits per heavy atom. The van der Waals surface area contributed by atoms with Crippen LogP contribution in [0, 0.1) is 6.92 Å². The zero-order valence-electron chi connectivity index (χ0n) is 18.9. The Kier molecular flexibility index (Phi) is 8.00. The summed E-state index contributed by atoms with van der Waals surface area (Å²) in [6.45, 7) is 1.28. The highest BCUT2D eigenvalue weighted by Crippen LogP contribution is 2.29. The molecule has 182 valence electrons. The minimum Gasteiger partial charge on any atom is -0.489 e. The fourth-order valence-corrected chi connectivity index (χ4v) is 5.67. The summed E-state index contributed by atoms with van der Waals surface area (Å²) in [6, 6.07) is 20.2. The number of nitrogens with one attached hydrogen (secondary N) is 1. The average Bonchev–Trinajstić information content (AvgIpc) is 2.82. The molecule has 0 aliphatic carbocycles. The van der Waals surface area contributed by atoms with Crippen molar-refractivity contribution in [2.75, 3.05) is 22.4 Å². The number of hydrogen-bond donors (Lipinski definition) is 1. The first-order valence-electron chi connectivity index (χ1n) is 10.8. The van der Waals surface area contributed by atoms with Crippen LogP contribution >= 0.6 is 23.4 Å². The van der Waals surface area contributed by atoms with Crippen LogP contribution in [-0.4, -0.2) is 44.7 Å². The Morgan fingerprint density at radius 2 is 1.86 bits per heavy atom. The summed E-state index contributed by atoms with van der Waals surface area (Å²) >= 11 is 7.91. The van der Waals surface area contributed by atoms with Crippen molar-refractivity contribution in [3.63, 3.8) is 0 Å². The third-order valence-electron chi connectivity index (χ3n) is 5.24. The molecule has 10 heteroatoms. The van der Waals surface area contributed by atoms with Crippen molar-refractivity contribution >= 4 is 51.2 Å². The molecule has 0 spiro atoms. The van der Waals surface area contributed by atoms with Crippen LogP contribution in [0.2, 0.25) is 5.02 Å². The van der Waals surface area contributed by atoms with E-state index in [1.807, 2.05) is 36.0 Å². The van der Waals surface area contributed by atoms with E-state index in [9.17, 15) is 13.2 Å². The summed E-state index contributed by atoms with van der Waals surface area (Å²) in [7, 11) is -4.01. The molecule has 4 rings (SSSR count). The molecule has 1 aliphatic rings. The van der Waals surface area contributed by atoms with E-state index < -0.39 is 22.5 Å². The molecule has 1 aliphatic heterocycles. The number of ether oxygens (including phenoxy) is 1. The summed E-state index contributed by atoms with van der Waals surface area (Å²) in [5.41, 5.74) is 4.16. The van der Waals surface area contributed by atoms with Gasteiger partial charge in [0.1, 0.15) is 18.4 Å². The fraction of sp³-hybridized carbons (Fsp3) is 0.200. The molecule has 1 saturated heterocycles. The van der Waals surface area contributed by atoms with Gasteiger partial charge in [-0.1, -0.05) is 29.8 Å². The topological polar surface area (TPSA) is 88.1 Å². The van der Waals surface area contributed by atoms with Crippen LogP contribution in [0.1, 0.15) is 11.1 Å². The zero-order valence-corrected chi connectivity index (χ0v) is 21.3. The van der Waals surface area contributed by atoms with Gasteiger partial charge in [-0.25, -0.2) is 13.8 Å². The number of carbonyl (C=O) groups excluding carboxylic acids is 1. The molecule has 0 bridgehead atoms. The number of aryl methyl sites for hydroxylation is 1. The van der Waals surface area contributed by atoms with Crippen LogP contribution in [-0.2, 0) is 14.8 Å². The van der Waals surface area contributed by atoms with Crippen molar-refractivity contribution in [3.05, 3.63) is 88.9 Å². The van der Waals surface area contributed by atoms with Crippen molar-refractivity contribution in [1.82, 2.24) is 5.43 Å². The molecule has 1 amide bonds. The maximum atomic E-state index is 13.4.